The van der Waals surface area contributed by atoms with Crippen LogP contribution in [0.15, 0.2) is 0 Å². The molecule has 0 unspecified atom stereocenters. The van der Waals surface area contributed by atoms with Crippen LogP contribution in [0.2, 0.25) is 0 Å². The number of aliphatic carboxylic acids is 1. The second kappa shape index (κ2) is 6.17. The van der Waals surface area contributed by atoms with Crippen molar-refractivity contribution >= 4 is 54.9 Å². The molecular formula is C5H12BaO2. The zero-order chi connectivity index (χ0) is 5.86. The first-order valence-electron chi connectivity index (χ1n) is 2.34. The molecule has 0 radical (unpaired) electrons. The fraction of sp³-hybridized carbons (Fsp3) is 0.800. The first kappa shape index (κ1) is 11.8. The quantitative estimate of drug-likeness (QED) is 0.702. The van der Waals surface area contributed by atoms with Crippen molar-refractivity contribution in [2.75, 3.05) is 0 Å². The predicted molar refractivity (Wildman–Crippen MR) is 35.6 cm³/mol. The minimum absolute atomic E-state index is 0. The second-order valence-corrected chi connectivity index (χ2v) is 1.99. The van der Waals surface area contributed by atoms with Crippen LogP contribution in [0, 0.1) is 5.92 Å². The van der Waals surface area contributed by atoms with Gasteiger partial charge in [-0.1, -0.05) is 13.8 Å². The molecule has 0 heterocycles. The summed E-state index contributed by atoms with van der Waals surface area (Å²) >= 11 is 0. The van der Waals surface area contributed by atoms with Crippen LogP contribution >= 0.6 is 0 Å². The molecule has 0 aromatic carbocycles. The average molecular weight is 241 g/mol. The van der Waals surface area contributed by atoms with E-state index in [9.17, 15) is 4.79 Å². The molecule has 1 N–H and O–H groups in total. The molecule has 0 atom stereocenters. The minimum atomic E-state index is -0.713. The van der Waals surface area contributed by atoms with E-state index in [0.717, 1.165) is 0 Å². The van der Waals surface area contributed by atoms with Gasteiger partial charge in [0.15, 0.2) is 0 Å². The molecule has 0 fully saturated rings. The van der Waals surface area contributed by atoms with Crippen LogP contribution < -0.4 is 0 Å². The number of carboxylic acids is 1. The normalized spacial score (nSPS) is 8.38. The van der Waals surface area contributed by atoms with Gasteiger partial charge < -0.3 is 5.11 Å². The standard InChI is InChI=1S/C5H10O2.Ba.2H/c1-4(2)3-5(6)7;;;/h4H,3H2,1-2H3,(H,6,7);;;. The molecule has 0 amide bonds. The van der Waals surface area contributed by atoms with Crippen LogP contribution in [-0.2, 0) is 4.79 Å². The second-order valence-electron chi connectivity index (χ2n) is 1.99. The van der Waals surface area contributed by atoms with Gasteiger partial charge in [0, 0.05) is 6.42 Å². The third kappa shape index (κ3) is 10.1. The van der Waals surface area contributed by atoms with Crippen LogP contribution in [0.4, 0.5) is 0 Å². The zero-order valence-corrected chi connectivity index (χ0v) is 4.64. The fourth-order valence-corrected chi connectivity index (χ4v) is 0.349. The van der Waals surface area contributed by atoms with Crippen molar-refractivity contribution in [1.29, 1.82) is 0 Å². The molecule has 3 heteroatoms. The molecule has 0 aliphatic rings. The molecular weight excluding hydrogens is 229 g/mol. The van der Waals surface area contributed by atoms with Gasteiger partial charge in [0.1, 0.15) is 0 Å². The van der Waals surface area contributed by atoms with E-state index in [0.29, 0.717) is 0 Å². The molecule has 0 spiro atoms. The van der Waals surface area contributed by atoms with Gasteiger partial charge in [-0.15, -0.1) is 0 Å². The number of carbonyl (C=O) groups is 1. The molecule has 0 bridgehead atoms. The molecule has 46 valence electrons. The monoisotopic (exact) mass is 242 g/mol. The Labute approximate surface area is 89.7 Å². The maximum atomic E-state index is 9.81. The van der Waals surface area contributed by atoms with Crippen LogP contribution in [0.5, 0.6) is 0 Å². The first-order chi connectivity index (χ1) is 3.13. The molecule has 0 rings (SSSR count). The Morgan fingerprint density at radius 1 is 1.62 bits per heavy atom. The third-order valence-electron chi connectivity index (χ3n) is 0.583. The number of hydrogen-bond donors (Lipinski definition) is 1. The molecule has 0 saturated carbocycles. The molecule has 0 aliphatic carbocycles. The first-order valence-corrected chi connectivity index (χ1v) is 2.34. The maximum absolute atomic E-state index is 9.81. The van der Waals surface area contributed by atoms with E-state index in [1.807, 2.05) is 13.8 Å². The van der Waals surface area contributed by atoms with E-state index < -0.39 is 5.97 Å². The summed E-state index contributed by atoms with van der Waals surface area (Å²) in [6.45, 7) is 3.77. The van der Waals surface area contributed by atoms with Crippen LogP contribution in [-0.4, -0.2) is 60.0 Å². The summed E-state index contributed by atoms with van der Waals surface area (Å²) in [5, 5.41) is 8.08. The van der Waals surface area contributed by atoms with Crippen molar-refractivity contribution in [1.82, 2.24) is 0 Å². The van der Waals surface area contributed by atoms with E-state index in [2.05, 4.69) is 0 Å². The number of hydrogen-bond acceptors (Lipinski definition) is 1. The van der Waals surface area contributed by atoms with E-state index in [1.54, 1.807) is 0 Å². The molecule has 0 saturated heterocycles. The molecule has 2 nitrogen and oxygen atoms in total. The summed E-state index contributed by atoms with van der Waals surface area (Å²) in [6.07, 6.45) is 0.278. The van der Waals surface area contributed by atoms with Crippen molar-refractivity contribution in [2.24, 2.45) is 5.92 Å². The van der Waals surface area contributed by atoms with E-state index in [-0.39, 0.29) is 61.2 Å². The fourth-order valence-electron chi connectivity index (χ4n) is 0.349. The third-order valence-corrected chi connectivity index (χ3v) is 0.583. The Hall–Kier alpha value is 1.04. The van der Waals surface area contributed by atoms with Gasteiger partial charge in [0.2, 0.25) is 0 Å². The Bertz CT molecular complexity index is 70.8. The summed E-state index contributed by atoms with van der Waals surface area (Å²) in [4.78, 5) is 9.81. The predicted octanol–water partition coefficient (Wildman–Crippen LogP) is 0.201. The van der Waals surface area contributed by atoms with Crippen molar-refractivity contribution in [3.05, 3.63) is 0 Å². The zero-order valence-electron chi connectivity index (χ0n) is 4.64. The Kier molecular flexibility index (Phi) is 9.09. The molecule has 0 aliphatic heterocycles. The van der Waals surface area contributed by atoms with E-state index >= 15 is 0 Å². The SMILES string of the molecule is CC(C)CC(=O)O.[BaH2]. The molecule has 0 aromatic rings. The Morgan fingerprint density at radius 2 is 2.00 bits per heavy atom. The van der Waals surface area contributed by atoms with Crippen LogP contribution in [0.3, 0.4) is 0 Å². The Morgan fingerprint density at radius 3 is 2.00 bits per heavy atom. The van der Waals surface area contributed by atoms with E-state index in [1.165, 1.54) is 0 Å². The molecule has 8 heavy (non-hydrogen) atoms. The molecule has 0 aromatic heterocycles. The summed E-state index contributed by atoms with van der Waals surface area (Å²) < 4.78 is 0. The summed E-state index contributed by atoms with van der Waals surface area (Å²) in [7, 11) is 0. The van der Waals surface area contributed by atoms with Crippen LogP contribution in [0.1, 0.15) is 20.3 Å². The van der Waals surface area contributed by atoms with Crippen molar-refractivity contribution in [3.63, 3.8) is 0 Å². The number of rotatable bonds is 2. The van der Waals surface area contributed by atoms with Crippen molar-refractivity contribution < 1.29 is 9.90 Å². The van der Waals surface area contributed by atoms with Gasteiger partial charge in [-0.05, 0) is 5.92 Å². The van der Waals surface area contributed by atoms with Gasteiger partial charge >= 0.3 is 54.9 Å². The van der Waals surface area contributed by atoms with Gasteiger partial charge in [-0.2, -0.15) is 0 Å². The summed E-state index contributed by atoms with van der Waals surface area (Å²) in [5.41, 5.74) is 0. The van der Waals surface area contributed by atoms with Gasteiger partial charge in [0.05, 0.1) is 0 Å². The van der Waals surface area contributed by atoms with E-state index in [4.69, 9.17) is 5.11 Å². The van der Waals surface area contributed by atoms with Crippen LogP contribution in [0.25, 0.3) is 0 Å². The Balaban J connectivity index is 0. The van der Waals surface area contributed by atoms with Crippen molar-refractivity contribution in [2.45, 2.75) is 20.3 Å². The van der Waals surface area contributed by atoms with Gasteiger partial charge in [0.25, 0.3) is 0 Å². The summed E-state index contributed by atoms with van der Waals surface area (Å²) in [5.74, 6) is -0.438. The van der Waals surface area contributed by atoms with Gasteiger partial charge in [-0.3, -0.25) is 4.79 Å². The van der Waals surface area contributed by atoms with Gasteiger partial charge in [-0.25, -0.2) is 0 Å². The average Bonchev–Trinajstić information content (AvgIpc) is 1.27. The summed E-state index contributed by atoms with van der Waals surface area (Å²) in [6, 6.07) is 0. The van der Waals surface area contributed by atoms with Crippen molar-refractivity contribution in [3.8, 4) is 0 Å². The topological polar surface area (TPSA) is 37.3 Å². The number of carboxylic acid groups (broad SMARTS) is 1.